The fraction of sp³-hybridized carbons (Fsp3) is 0.304. The van der Waals surface area contributed by atoms with Gasteiger partial charge >= 0.3 is 12.3 Å². The molecule has 174 valence electrons. The first-order chi connectivity index (χ1) is 15.7. The minimum absolute atomic E-state index is 0.00260. The maximum atomic E-state index is 13.1. The van der Waals surface area contributed by atoms with Crippen molar-refractivity contribution in [1.29, 1.82) is 0 Å². The molecule has 1 aliphatic rings. The summed E-state index contributed by atoms with van der Waals surface area (Å²) in [6.45, 7) is -0.00260. The van der Waals surface area contributed by atoms with Crippen molar-refractivity contribution in [1.82, 2.24) is 5.32 Å². The molecular formula is C23H20F3NO5S. The van der Waals surface area contributed by atoms with Crippen LogP contribution in [-0.4, -0.2) is 28.9 Å². The van der Waals surface area contributed by atoms with Crippen LogP contribution in [0.3, 0.4) is 0 Å². The fourth-order valence-electron chi connectivity index (χ4n) is 3.90. The van der Waals surface area contributed by atoms with Gasteiger partial charge in [0.15, 0.2) is 5.75 Å². The lowest BCUT2D eigenvalue weighted by molar-refractivity contribution is -0.274. The lowest BCUT2D eigenvalue weighted by Gasteiger charge is -2.25. The van der Waals surface area contributed by atoms with Gasteiger partial charge in [-0.05, 0) is 42.7 Å². The van der Waals surface area contributed by atoms with Gasteiger partial charge in [0.1, 0.15) is 22.8 Å². The second-order valence-electron chi connectivity index (χ2n) is 7.79. The van der Waals surface area contributed by atoms with Crippen LogP contribution in [0.5, 0.6) is 11.5 Å². The summed E-state index contributed by atoms with van der Waals surface area (Å²) in [5.74, 6) is -1.62. The first kappa shape index (κ1) is 22.9. The first-order valence-corrected chi connectivity index (χ1v) is 11.0. The third kappa shape index (κ3) is 5.05. The number of halogens is 3. The van der Waals surface area contributed by atoms with Crippen molar-refractivity contribution < 1.29 is 37.3 Å². The summed E-state index contributed by atoms with van der Waals surface area (Å²) >= 11 is 1.19. The number of hydrogen-bond donors (Lipinski definition) is 2. The monoisotopic (exact) mass is 479 g/mol. The molecule has 1 aromatic heterocycles. The minimum atomic E-state index is -4.78. The summed E-state index contributed by atoms with van der Waals surface area (Å²) in [6.07, 6.45) is -2.61. The topological polar surface area (TPSA) is 84.9 Å². The molecule has 0 bridgehead atoms. The Bertz CT molecular complexity index is 1170. The number of fused-ring (bicyclic) bond motifs is 1. The molecule has 4 rings (SSSR count). The van der Waals surface area contributed by atoms with Crippen LogP contribution in [0.25, 0.3) is 10.1 Å². The molecule has 1 saturated carbocycles. The van der Waals surface area contributed by atoms with E-state index in [1.165, 1.54) is 35.6 Å². The van der Waals surface area contributed by atoms with E-state index < -0.39 is 23.8 Å². The van der Waals surface area contributed by atoms with Crippen molar-refractivity contribution in [2.45, 2.75) is 44.2 Å². The number of benzene rings is 2. The number of ether oxygens (including phenoxy) is 2. The number of carbonyl (C=O) groups excluding carboxylic acids is 1. The van der Waals surface area contributed by atoms with E-state index in [2.05, 4.69) is 10.1 Å². The molecule has 0 aliphatic heterocycles. The summed E-state index contributed by atoms with van der Waals surface area (Å²) < 4.78 is 47.6. The number of aliphatic carboxylic acids is 1. The largest absolute Gasteiger partial charge is 0.573 e. The zero-order valence-corrected chi connectivity index (χ0v) is 18.1. The molecule has 2 aromatic carbocycles. The van der Waals surface area contributed by atoms with Crippen LogP contribution in [0.2, 0.25) is 0 Å². The number of nitrogens with one attached hydrogen (secondary N) is 1. The molecule has 1 fully saturated rings. The maximum absolute atomic E-state index is 13.1. The quantitative estimate of drug-likeness (QED) is 0.467. The summed E-state index contributed by atoms with van der Waals surface area (Å²) in [5.41, 5.74) is -0.720. The number of rotatable bonds is 7. The van der Waals surface area contributed by atoms with Crippen LogP contribution in [-0.2, 0) is 11.4 Å². The standard InChI is InChI=1S/C23H20F3NO5S/c24-23(25,26)32-15-9-7-14(8-10-15)13-31-18-16-5-1-2-6-17(16)33-19(18)20(28)27-22(21(29)30)11-3-4-12-22/h1-2,5-10H,3-4,11-13H2,(H,27,28)(H,29,30). The van der Waals surface area contributed by atoms with E-state index in [9.17, 15) is 27.9 Å². The molecule has 3 aromatic rings. The number of hydrogen-bond acceptors (Lipinski definition) is 5. The third-order valence-corrected chi connectivity index (χ3v) is 6.67. The third-order valence-electron chi connectivity index (χ3n) is 5.52. The van der Waals surface area contributed by atoms with Crippen LogP contribution in [0.4, 0.5) is 13.2 Å². The van der Waals surface area contributed by atoms with Gasteiger partial charge in [-0.1, -0.05) is 37.1 Å². The Morgan fingerprint density at radius 3 is 2.36 bits per heavy atom. The van der Waals surface area contributed by atoms with Crippen molar-refractivity contribution in [3.05, 3.63) is 59.0 Å². The highest BCUT2D eigenvalue weighted by Gasteiger charge is 2.43. The fourth-order valence-corrected chi connectivity index (χ4v) is 4.94. The van der Waals surface area contributed by atoms with Gasteiger partial charge in [0.2, 0.25) is 0 Å². The Morgan fingerprint density at radius 2 is 1.73 bits per heavy atom. The van der Waals surface area contributed by atoms with Crippen molar-refractivity contribution in [3.63, 3.8) is 0 Å². The predicted molar refractivity (Wildman–Crippen MR) is 116 cm³/mol. The normalized spacial score (nSPS) is 15.4. The van der Waals surface area contributed by atoms with Crippen LogP contribution in [0.15, 0.2) is 48.5 Å². The van der Waals surface area contributed by atoms with E-state index >= 15 is 0 Å². The zero-order chi connectivity index (χ0) is 23.6. The highest BCUT2D eigenvalue weighted by atomic mass is 32.1. The maximum Gasteiger partial charge on any atom is 0.573 e. The molecule has 10 heteroatoms. The summed E-state index contributed by atoms with van der Waals surface area (Å²) in [4.78, 5) is 25.2. The van der Waals surface area contributed by atoms with Crippen molar-refractivity contribution in [2.24, 2.45) is 0 Å². The highest BCUT2D eigenvalue weighted by molar-refractivity contribution is 7.21. The van der Waals surface area contributed by atoms with E-state index in [-0.39, 0.29) is 17.2 Å². The van der Waals surface area contributed by atoms with Crippen LogP contribution >= 0.6 is 11.3 Å². The lowest BCUT2D eigenvalue weighted by atomic mass is 9.97. The van der Waals surface area contributed by atoms with Gasteiger partial charge in [0.25, 0.3) is 5.91 Å². The molecule has 1 aliphatic carbocycles. The number of carbonyl (C=O) groups is 2. The van der Waals surface area contributed by atoms with Gasteiger partial charge in [0.05, 0.1) is 0 Å². The van der Waals surface area contributed by atoms with Gasteiger partial charge in [-0.3, -0.25) is 4.79 Å². The predicted octanol–water partition coefficient (Wildman–Crippen LogP) is 5.51. The van der Waals surface area contributed by atoms with E-state index in [4.69, 9.17) is 4.74 Å². The Morgan fingerprint density at radius 1 is 1.06 bits per heavy atom. The van der Waals surface area contributed by atoms with Crippen LogP contribution in [0.1, 0.15) is 40.9 Å². The average molecular weight is 479 g/mol. The zero-order valence-electron chi connectivity index (χ0n) is 17.3. The smallest absolute Gasteiger partial charge is 0.487 e. The van der Waals surface area contributed by atoms with Gasteiger partial charge in [-0.25, -0.2) is 4.79 Å². The average Bonchev–Trinajstić information content (AvgIpc) is 3.38. The Hall–Kier alpha value is -3.27. The summed E-state index contributed by atoms with van der Waals surface area (Å²) in [5, 5.41) is 13.1. The number of carboxylic acids is 1. The number of amides is 1. The van der Waals surface area contributed by atoms with Crippen molar-refractivity contribution in [3.8, 4) is 11.5 Å². The van der Waals surface area contributed by atoms with Gasteiger partial charge in [0, 0.05) is 10.1 Å². The summed E-state index contributed by atoms with van der Waals surface area (Å²) in [6, 6.07) is 12.5. The van der Waals surface area contributed by atoms with E-state index in [1.54, 1.807) is 12.1 Å². The van der Waals surface area contributed by atoms with Gasteiger partial charge in [-0.15, -0.1) is 24.5 Å². The molecule has 2 N–H and O–H groups in total. The lowest BCUT2D eigenvalue weighted by Crippen LogP contribution is -2.52. The molecular weight excluding hydrogens is 459 g/mol. The van der Waals surface area contributed by atoms with Crippen molar-refractivity contribution in [2.75, 3.05) is 0 Å². The molecule has 0 atom stereocenters. The van der Waals surface area contributed by atoms with Gasteiger partial charge < -0.3 is 19.9 Å². The first-order valence-electron chi connectivity index (χ1n) is 10.2. The van der Waals surface area contributed by atoms with Crippen molar-refractivity contribution >= 4 is 33.3 Å². The molecule has 0 radical (unpaired) electrons. The Kier molecular flexibility index (Phi) is 6.20. The number of carboxylic acid groups (broad SMARTS) is 1. The van der Waals surface area contributed by atoms with Crippen LogP contribution in [0, 0.1) is 0 Å². The van der Waals surface area contributed by atoms with Crippen LogP contribution < -0.4 is 14.8 Å². The van der Waals surface area contributed by atoms with Gasteiger partial charge in [-0.2, -0.15) is 0 Å². The Labute approximate surface area is 190 Å². The molecule has 0 unspecified atom stereocenters. The van der Waals surface area contributed by atoms with E-state index in [1.807, 2.05) is 12.1 Å². The van der Waals surface area contributed by atoms with E-state index in [0.717, 1.165) is 17.5 Å². The van der Waals surface area contributed by atoms with E-state index in [0.29, 0.717) is 29.5 Å². The molecule has 33 heavy (non-hydrogen) atoms. The second kappa shape index (κ2) is 8.93. The molecule has 0 saturated heterocycles. The SMILES string of the molecule is O=C(NC1(C(=O)O)CCCC1)c1sc2ccccc2c1OCc1ccc(OC(F)(F)F)cc1. The number of thiophene rings is 1. The molecule has 1 amide bonds. The Balaban J connectivity index is 1.57. The minimum Gasteiger partial charge on any atom is -0.487 e. The highest BCUT2D eigenvalue weighted by Crippen LogP contribution is 2.39. The second-order valence-corrected chi connectivity index (χ2v) is 8.84. The molecule has 6 nitrogen and oxygen atoms in total. The summed E-state index contributed by atoms with van der Waals surface area (Å²) in [7, 11) is 0. The number of alkyl halides is 3. The molecule has 1 heterocycles. The molecule has 0 spiro atoms.